The molecule has 2 amide bonds. The first-order chi connectivity index (χ1) is 25.1. The smallest absolute Gasteiger partial charge is 0.410 e. The summed E-state index contributed by atoms with van der Waals surface area (Å²) in [6.45, 7) is 9.35. The van der Waals surface area contributed by atoms with Crippen LogP contribution in [0, 0.1) is 22.2 Å². The van der Waals surface area contributed by atoms with E-state index in [2.05, 4.69) is 45.8 Å². The fourth-order valence-electron chi connectivity index (χ4n) is 11.3. The minimum atomic E-state index is -0.451. The molecule has 2 saturated carbocycles. The molecular formula is C38H47N11O3. The van der Waals surface area contributed by atoms with E-state index in [1.807, 2.05) is 55.1 Å². The number of hydrogen-bond donors (Lipinski definition) is 2. The number of fused-ring (bicyclic) bond motifs is 2. The third kappa shape index (κ3) is 4.94. The number of nitriles is 1. The molecule has 14 nitrogen and oxygen atoms in total. The molecule has 6 unspecified atom stereocenters. The number of nitrogens with zero attached hydrogens (tertiary/aromatic N) is 9. The summed E-state index contributed by atoms with van der Waals surface area (Å²) in [6, 6.07) is 7.53. The quantitative estimate of drug-likeness (QED) is 0.291. The Hall–Kier alpha value is -4.93. The zero-order valence-corrected chi connectivity index (χ0v) is 30.2. The Morgan fingerprint density at radius 3 is 1.77 bits per heavy atom. The van der Waals surface area contributed by atoms with Crippen LogP contribution in [0.15, 0.2) is 37.2 Å². The summed E-state index contributed by atoms with van der Waals surface area (Å²) in [4.78, 5) is 58.2. The molecule has 2 aliphatic carbocycles. The first-order valence-electron chi connectivity index (χ1n) is 18.9. The van der Waals surface area contributed by atoms with Crippen LogP contribution in [0.25, 0.3) is 22.1 Å². The van der Waals surface area contributed by atoms with Crippen LogP contribution < -0.4 is 9.80 Å². The number of aromatic amines is 2. The summed E-state index contributed by atoms with van der Waals surface area (Å²) in [5.74, 6) is 2.04. The largest absolute Gasteiger partial charge is 0.444 e. The fourth-order valence-corrected chi connectivity index (χ4v) is 11.3. The van der Waals surface area contributed by atoms with Gasteiger partial charge in [0.2, 0.25) is 5.91 Å². The molecule has 6 fully saturated rings. The second kappa shape index (κ2) is 12.1. The van der Waals surface area contributed by atoms with Gasteiger partial charge in [0.05, 0.1) is 16.8 Å². The van der Waals surface area contributed by atoms with Crippen LogP contribution in [-0.4, -0.2) is 108 Å². The average Bonchev–Trinajstić information content (AvgIpc) is 3.95. The molecule has 2 N–H and O–H groups in total. The molecule has 4 aromatic heterocycles. The molecule has 14 heteroatoms. The molecule has 6 aliphatic rings. The summed E-state index contributed by atoms with van der Waals surface area (Å²) in [7, 11) is 0. The number of anilines is 2. The lowest BCUT2D eigenvalue weighted by Crippen LogP contribution is -2.44. The minimum absolute atomic E-state index is 0.00136. The second-order valence-corrected chi connectivity index (χ2v) is 16.5. The van der Waals surface area contributed by atoms with Gasteiger partial charge in [-0.05, 0) is 84.3 Å². The number of H-pyrrole nitrogens is 2. The monoisotopic (exact) mass is 705 g/mol. The zero-order valence-electron chi connectivity index (χ0n) is 30.2. The molecule has 4 aliphatic heterocycles. The highest BCUT2D eigenvalue weighted by atomic mass is 16.6. The van der Waals surface area contributed by atoms with E-state index in [1.165, 1.54) is 0 Å². The number of rotatable bonds is 3. The summed E-state index contributed by atoms with van der Waals surface area (Å²) >= 11 is 0. The molecule has 52 heavy (non-hydrogen) atoms. The van der Waals surface area contributed by atoms with E-state index < -0.39 is 5.60 Å². The van der Waals surface area contributed by atoms with Gasteiger partial charge in [-0.1, -0.05) is 0 Å². The molecule has 2 spiro atoms. The van der Waals surface area contributed by atoms with E-state index in [0.29, 0.717) is 12.1 Å². The molecule has 272 valence electrons. The lowest BCUT2D eigenvalue weighted by Gasteiger charge is -2.34. The summed E-state index contributed by atoms with van der Waals surface area (Å²) in [5.41, 5.74) is 1.64. The Labute approximate surface area is 302 Å². The Morgan fingerprint density at radius 2 is 1.25 bits per heavy atom. The molecule has 0 radical (unpaired) electrons. The van der Waals surface area contributed by atoms with E-state index in [0.717, 1.165) is 111 Å². The highest BCUT2D eigenvalue weighted by Crippen LogP contribution is 2.59. The number of nitrogens with one attached hydrogen (secondary N) is 2. The van der Waals surface area contributed by atoms with Gasteiger partial charge in [0.15, 0.2) is 0 Å². The van der Waals surface area contributed by atoms with Crippen LogP contribution in [0.1, 0.15) is 78.6 Å². The van der Waals surface area contributed by atoms with Crippen molar-refractivity contribution >= 4 is 45.7 Å². The number of carbonyl (C=O) groups excluding carboxylic acids is 2. The standard InChI is InChI=1S/C20H27N5O2.C18H20N6O/c1-19(2,3)27-18(26)25-11-8-20-7-10-24(14(20)4-5-15(20)25)17-13-6-9-21-16(13)22-12-23-17;19-7-3-15(25)23-9-5-18-6-10-24(14(18)2-1-13(18)23)17-12-4-8-20-16(12)21-11-22-17/h6,9,12,14-15H,4-5,7-8,10-11H2,1-3H3,(H,21,22,23);4,8,11,13-14H,1-3,5-6,9-10H2,(H,20,21,22). The maximum atomic E-state index is 12.7. The number of likely N-dealkylation sites (tertiary alicyclic amines) is 2. The van der Waals surface area contributed by atoms with Gasteiger partial charge in [-0.15, -0.1) is 0 Å². The topological polar surface area (TPSA) is 163 Å². The van der Waals surface area contributed by atoms with Crippen LogP contribution in [0.2, 0.25) is 0 Å². The first kappa shape index (κ1) is 32.9. The molecule has 0 bridgehead atoms. The molecule has 8 heterocycles. The Bertz CT molecular complexity index is 2070. The maximum absolute atomic E-state index is 12.7. The zero-order chi connectivity index (χ0) is 35.8. The van der Waals surface area contributed by atoms with Crippen molar-refractivity contribution in [2.45, 2.75) is 108 Å². The highest BCUT2D eigenvalue weighted by molar-refractivity contribution is 5.88. The predicted octanol–water partition coefficient (Wildman–Crippen LogP) is 5.16. The van der Waals surface area contributed by atoms with Gasteiger partial charge >= 0.3 is 6.09 Å². The number of amides is 2. The predicted molar refractivity (Wildman–Crippen MR) is 194 cm³/mol. The van der Waals surface area contributed by atoms with Crippen molar-refractivity contribution in [2.24, 2.45) is 10.8 Å². The van der Waals surface area contributed by atoms with Gasteiger partial charge in [0.1, 0.15) is 47.6 Å². The van der Waals surface area contributed by atoms with Crippen molar-refractivity contribution in [3.63, 3.8) is 0 Å². The summed E-state index contributed by atoms with van der Waals surface area (Å²) in [6.07, 6.45) is 15.5. The van der Waals surface area contributed by atoms with Gasteiger partial charge < -0.3 is 34.3 Å². The Balaban J connectivity index is 0.000000139. The van der Waals surface area contributed by atoms with E-state index in [1.54, 1.807) is 12.7 Å². The SMILES string of the molecule is CC(C)(C)OC(=O)N1CCC23CCN(c4ncnc5[nH]ccc45)C2CCC13.N#CCC(=O)N1CCC23CCN(c4ncnc5[nH]ccc45)C2CCC13. The van der Waals surface area contributed by atoms with Crippen molar-refractivity contribution < 1.29 is 14.3 Å². The summed E-state index contributed by atoms with van der Waals surface area (Å²) in [5, 5.41) is 11.0. The maximum Gasteiger partial charge on any atom is 0.410 e. The van der Waals surface area contributed by atoms with Crippen molar-refractivity contribution in [3.8, 4) is 6.07 Å². The number of hydrogen-bond acceptors (Lipinski definition) is 10. The fraction of sp³-hybridized carbons (Fsp3) is 0.605. The number of aromatic nitrogens is 6. The third-order valence-electron chi connectivity index (χ3n) is 13.2. The number of carbonyl (C=O) groups is 2. The van der Waals surface area contributed by atoms with E-state index >= 15 is 0 Å². The Kier molecular flexibility index (Phi) is 7.64. The first-order valence-corrected chi connectivity index (χ1v) is 18.9. The van der Waals surface area contributed by atoms with Crippen LogP contribution in [0.4, 0.5) is 16.4 Å². The molecule has 6 atom stereocenters. The highest BCUT2D eigenvalue weighted by Gasteiger charge is 2.63. The number of ether oxygens (including phenoxy) is 1. The molecule has 4 saturated heterocycles. The summed E-state index contributed by atoms with van der Waals surface area (Å²) < 4.78 is 5.68. The van der Waals surface area contributed by atoms with Crippen LogP contribution in [0.3, 0.4) is 0 Å². The minimum Gasteiger partial charge on any atom is -0.444 e. The molecule has 10 rings (SSSR count). The van der Waals surface area contributed by atoms with Gasteiger partial charge in [0.25, 0.3) is 0 Å². The lowest BCUT2D eigenvalue weighted by molar-refractivity contribution is -0.131. The lowest BCUT2D eigenvalue weighted by atomic mass is 9.79. The average molecular weight is 706 g/mol. The molecule has 0 aromatic carbocycles. The van der Waals surface area contributed by atoms with Gasteiger partial charge in [-0.2, -0.15) is 5.26 Å². The van der Waals surface area contributed by atoms with Gasteiger partial charge in [-0.3, -0.25) is 4.79 Å². The Morgan fingerprint density at radius 1 is 0.769 bits per heavy atom. The van der Waals surface area contributed by atoms with E-state index in [4.69, 9.17) is 10.00 Å². The second-order valence-electron chi connectivity index (χ2n) is 16.5. The van der Waals surface area contributed by atoms with Gasteiger partial charge in [0, 0.05) is 73.6 Å². The van der Waals surface area contributed by atoms with Crippen LogP contribution in [0.5, 0.6) is 0 Å². The molecular weight excluding hydrogens is 658 g/mol. The van der Waals surface area contributed by atoms with E-state index in [9.17, 15) is 9.59 Å². The molecule has 4 aromatic rings. The van der Waals surface area contributed by atoms with Crippen molar-refractivity contribution in [3.05, 3.63) is 37.2 Å². The normalized spacial score (nSPS) is 30.3. The van der Waals surface area contributed by atoms with Crippen molar-refractivity contribution in [1.82, 2.24) is 39.7 Å². The van der Waals surface area contributed by atoms with Crippen molar-refractivity contribution in [1.29, 1.82) is 5.26 Å². The van der Waals surface area contributed by atoms with Crippen LogP contribution in [-0.2, 0) is 9.53 Å². The van der Waals surface area contributed by atoms with Crippen LogP contribution >= 0.6 is 0 Å². The third-order valence-corrected chi connectivity index (χ3v) is 13.2. The van der Waals surface area contributed by atoms with Gasteiger partial charge in [-0.25, -0.2) is 24.7 Å². The van der Waals surface area contributed by atoms with E-state index in [-0.39, 0.29) is 41.3 Å². The van der Waals surface area contributed by atoms with Crippen molar-refractivity contribution in [2.75, 3.05) is 36.0 Å².